The van der Waals surface area contributed by atoms with E-state index in [9.17, 15) is 8.42 Å². The number of aliphatic hydroxyl groups excluding tert-OH is 1. The molecule has 114 valence electrons. The molecule has 0 amide bonds. The molecule has 0 bridgehead atoms. The fraction of sp³-hybridized carbons (Fsp3) is 0.538. The Balaban J connectivity index is 2.76. The molecule has 2 N–H and O–H groups in total. The largest absolute Gasteiger partial charge is 0.495 e. The van der Waals surface area contributed by atoms with Gasteiger partial charge >= 0.3 is 0 Å². The maximum absolute atomic E-state index is 12.2. The van der Waals surface area contributed by atoms with E-state index in [1.807, 2.05) is 0 Å². The normalized spacial score (nSPS) is 11.6. The van der Waals surface area contributed by atoms with E-state index in [1.165, 1.54) is 19.2 Å². The van der Waals surface area contributed by atoms with Gasteiger partial charge < -0.3 is 14.6 Å². The van der Waals surface area contributed by atoms with E-state index in [0.717, 1.165) is 6.42 Å². The van der Waals surface area contributed by atoms with Crippen molar-refractivity contribution in [2.24, 2.45) is 0 Å². The van der Waals surface area contributed by atoms with Crippen LogP contribution in [0.15, 0.2) is 23.1 Å². The minimum atomic E-state index is -3.61. The van der Waals surface area contributed by atoms with Crippen LogP contribution in [0.1, 0.15) is 18.4 Å². The summed E-state index contributed by atoms with van der Waals surface area (Å²) in [6, 6.07) is 4.50. The molecule has 6 nitrogen and oxygen atoms in total. The second-order valence-corrected chi connectivity index (χ2v) is 5.98. The molecular weight excluding hydrogens is 282 g/mol. The van der Waals surface area contributed by atoms with Crippen molar-refractivity contribution in [2.45, 2.75) is 24.3 Å². The van der Waals surface area contributed by atoms with Gasteiger partial charge in [-0.15, -0.1) is 0 Å². The summed E-state index contributed by atoms with van der Waals surface area (Å²) in [7, 11) is -0.607. The first kappa shape index (κ1) is 16.9. The molecule has 20 heavy (non-hydrogen) atoms. The summed E-state index contributed by atoms with van der Waals surface area (Å²) in [5.41, 5.74) is 0.598. The monoisotopic (exact) mass is 303 g/mol. The average Bonchev–Trinajstić information content (AvgIpc) is 2.46. The van der Waals surface area contributed by atoms with Crippen LogP contribution >= 0.6 is 0 Å². The number of aliphatic hydroxyl groups is 1. The Morgan fingerprint density at radius 3 is 2.60 bits per heavy atom. The van der Waals surface area contributed by atoms with Crippen molar-refractivity contribution >= 4 is 10.0 Å². The lowest BCUT2D eigenvalue weighted by atomic mass is 10.2. The topological polar surface area (TPSA) is 84.9 Å². The van der Waals surface area contributed by atoms with Crippen LogP contribution < -0.4 is 9.46 Å². The van der Waals surface area contributed by atoms with Crippen LogP contribution in [-0.4, -0.2) is 40.9 Å². The molecule has 0 aliphatic carbocycles. The molecule has 0 aliphatic heterocycles. The Morgan fingerprint density at radius 2 is 2.00 bits per heavy atom. The molecule has 0 unspecified atom stereocenters. The maximum atomic E-state index is 12.2. The minimum Gasteiger partial charge on any atom is -0.495 e. The molecule has 0 saturated carbocycles. The number of methoxy groups -OCH3 is 2. The molecule has 1 aromatic rings. The van der Waals surface area contributed by atoms with Gasteiger partial charge in [0, 0.05) is 20.3 Å². The van der Waals surface area contributed by atoms with Gasteiger partial charge in [-0.05, 0) is 30.5 Å². The van der Waals surface area contributed by atoms with E-state index in [4.69, 9.17) is 14.6 Å². The van der Waals surface area contributed by atoms with Crippen molar-refractivity contribution in [3.05, 3.63) is 23.8 Å². The van der Waals surface area contributed by atoms with Gasteiger partial charge in [-0.1, -0.05) is 6.07 Å². The molecule has 0 radical (unpaired) electrons. The molecule has 0 fully saturated rings. The second-order valence-electron chi connectivity index (χ2n) is 4.24. The average molecular weight is 303 g/mol. The van der Waals surface area contributed by atoms with E-state index < -0.39 is 10.0 Å². The molecule has 7 heteroatoms. The quantitative estimate of drug-likeness (QED) is 0.662. The zero-order valence-corrected chi connectivity index (χ0v) is 12.6. The summed E-state index contributed by atoms with van der Waals surface area (Å²) in [4.78, 5) is 0.0731. The van der Waals surface area contributed by atoms with Gasteiger partial charge in [-0.25, -0.2) is 13.1 Å². The van der Waals surface area contributed by atoms with Gasteiger partial charge in [0.1, 0.15) is 10.6 Å². The molecule has 0 aliphatic rings. The van der Waals surface area contributed by atoms with E-state index in [2.05, 4.69) is 4.72 Å². The number of rotatable bonds is 9. The van der Waals surface area contributed by atoms with Crippen molar-refractivity contribution in [2.75, 3.05) is 27.4 Å². The zero-order chi connectivity index (χ0) is 15.0. The Kier molecular flexibility index (Phi) is 6.94. The number of hydrogen-bond acceptors (Lipinski definition) is 5. The predicted molar refractivity (Wildman–Crippen MR) is 75.2 cm³/mol. The molecule has 0 spiro atoms. The number of benzene rings is 1. The summed E-state index contributed by atoms with van der Waals surface area (Å²) in [5, 5.41) is 9.04. The lowest BCUT2D eigenvalue weighted by molar-refractivity contribution is 0.193. The Morgan fingerprint density at radius 1 is 1.25 bits per heavy atom. The Hall–Kier alpha value is -1.15. The SMILES string of the molecule is COCCCCNS(=O)(=O)c1ccc(CO)cc1OC. The lowest BCUT2D eigenvalue weighted by Gasteiger charge is -2.11. The first-order valence-electron chi connectivity index (χ1n) is 6.31. The molecule has 0 atom stereocenters. The van der Waals surface area contributed by atoms with Crippen LogP contribution in [0.25, 0.3) is 0 Å². The van der Waals surface area contributed by atoms with Gasteiger partial charge in [-0.2, -0.15) is 0 Å². The van der Waals surface area contributed by atoms with Crippen LogP contribution in [0.3, 0.4) is 0 Å². The van der Waals surface area contributed by atoms with Crippen molar-refractivity contribution in [1.82, 2.24) is 4.72 Å². The molecule has 0 heterocycles. The highest BCUT2D eigenvalue weighted by Gasteiger charge is 2.19. The molecule has 1 rings (SSSR count). The summed E-state index contributed by atoms with van der Waals surface area (Å²) in [6.45, 7) is 0.786. The lowest BCUT2D eigenvalue weighted by Crippen LogP contribution is -2.25. The second kappa shape index (κ2) is 8.21. The number of ether oxygens (including phenoxy) is 2. The van der Waals surface area contributed by atoms with E-state index in [1.54, 1.807) is 13.2 Å². The van der Waals surface area contributed by atoms with E-state index in [0.29, 0.717) is 25.1 Å². The maximum Gasteiger partial charge on any atom is 0.244 e. The third-order valence-corrected chi connectivity index (χ3v) is 4.27. The van der Waals surface area contributed by atoms with Gasteiger partial charge in [0.15, 0.2) is 0 Å². The number of hydrogen-bond donors (Lipinski definition) is 2. The van der Waals surface area contributed by atoms with Gasteiger partial charge in [0.25, 0.3) is 0 Å². The number of nitrogens with one attached hydrogen (secondary N) is 1. The van der Waals surface area contributed by atoms with E-state index >= 15 is 0 Å². The zero-order valence-electron chi connectivity index (χ0n) is 11.8. The molecule has 0 aromatic heterocycles. The van der Waals surface area contributed by atoms with Crippen molar-refractivity contribution in [1.29, 1.82) is 0 Å². The molecule has 0 saturated heterocycles. The summed E-state index contributed by atoms with van der Waals surface area (Å²) in [5.74, 6) is 0.223. The molecule has 1 aromatic carbocycles. The first-order valence-corrected chi connectivity index (χ1v) is 7.80. The highest BCUT2D eigenvalue weighted by atomic mass is 32.2. The van der Waals surface area contributed by atoms with Gasteiger partial charge in [0.2, 0.25) is 10.0 Å². The highest BCUT2D eigenvalue weighted by molar-refractivity contribution is 7.89. The van der Waals surface area contributed by atoms with Crippen LogP contribution in [0.2, 0.25) is 0 Å². The Bertz CT molecular complexity index is 515. The summed E-state index contributed by atoms with van der Waals surface area (Å²) in [6.07, 6.45) is 1.49. The third kappa shape index (κ3) is 4.75. The standard InChI is InChI=1S/C13H21NO5S/c1-18-8-4-3-7-14-20(16,17)13-6-5-11(10-15)9-12(13)19-2/h5-6,9,14-15H,3-4,7-8,10H2,1-2H3. The Labute approximate surface area is 119 Å². The first-order chi connectivity index (χ1) is 9.55. The van der Waals surface area contributed by atoms with Crippen LogP contribution in [-0.2, 0) is 21.4 Å². The fourth-order valence-corrected chi connectivity index (χ4v) is 2.91. The number of sulfonamides is 1. The fourth-order valence-electron chi connectivity index (χ4n) is 1.69. The van der Waals surface area contributed by atoms with Gasteiger partial charge in [0.05, 0.1) is 13.7 Å². The predicted octanol–water partition coefficient (Wildman–Crippen LogP) is 0.892. The number of unbranched alkanes of at least 4 members (excludes halogenated alkanes) is 1. The van der Waals surface area contributed by atoms with Crippen molar-refractivity contribution in [3.63, 3.8) is 0 Å². The molecular formula is C13H21NO5S. The van der Waals surface area contributed by atoms with Crippen molar-refractivity contribution < 1.29 is 23.0 Å². The van der Waals surface area contributed by atoms with Crippen molar-refractivity contribution in [3.8, 4) is 5.75 Å². The highest BCUT2D eigenvalue weighted by Crippen LogP contribution is 2.24. The summed E-state index contributed by atoms with van der Waals surface area (Å²) >= 11 is 0. The van der Waals surface area contributed by atoms with Crippen LogP contribution in [0.4, 0.5) is 0 Å². The van der Waals surface area contributed by atoms with E-state index in [-0.39, 0.29) is 17.3 Å². The summed E-state index contributed by atoms with van der Waals surface area (Å²) < 4.78 is 36.8. The minimum absolute atomic E-state index is 0.0731. The smallest absolute Gasteiger partial charge is 0.244 e. The van der Waals surface area contributed by atoms with Crippen LogP contribution in [0.5, 0.6) is 5.75 Å². The third-order valence-electron chi connectivity index (χ3n) is 2.77. The van der Waals surface area contributed by atoms with Gasteiger partial charge in [-0.3, -0.25) is 0 Å². The van der Waals surface area contributed by atoms with Crippen LogP contribution in [0, 0.1) is 0 Å².